The van der Waals surface area contributed by atoms with Crippen LogP contribution in [0.1, 0.15) is 239 Å². The van der Waals surface area contributed by atoms with Crippen molar-refractivity contribution in [2.75, 3.05) is 13.2 Å². The molecule has 0 aliphatic carbocycles. The van der Waals surface area contributed by atoms with E-state index in [1.807, 2.05) is 0 Å². The van der Waals surface area contributed by atoms with Gasteiger partial charge in [0.15, 0.2) is 6.10 Å². The molecule has 0 aliphatic heterocycles. The summed E-state index contributed by atoms with van der Waals surface area (Å²) in [6, 6.07) is 0. The molecule has 0 spiro atoms. The smallest absolute Gasteiger partial charge is 0.306 e. The Morgan fingerprint density at radius 2 is 0.587 bits per heavy atom. The Morgan fingerprint density at radius 3 is 0.984 bits per heavy atom. The Kier molecular flexibility index (Phi) is 48.5. The largest absolute Gasteiger partial charge is 0.462 e. The third kappa shape index (κ3) is 49.5. The highest BCUT2D eigenvalue weighted by atomic mass is 16.6. The maximum Gasteiger partial charge on any atom is 0.306 e. The van der Waals surface area contributed by atoms with Crippen LogP contribution >= 0.6 is 0 Å². The summed E-state index contributed by atoms with van der Waals surface area (Å²) in [5, 5.41) is 0. The van der Waals surface area contributed by atoms with Crippen molar-refractivity contribution in [1.82, 2.24) is 0 Å². The van der Waals surface area contributed by atoms with Gasteiger partial charge in [0.1, 0.15) is 13.2 Å². The van der Waals surface area contributed by atoms with Gasteiger partial charge in [-0.05, 0) is 96.3 Å². The molecule has 6 nitrogen and oxygen atoms in total. The third-order valence-electron chi connectivity index (χ3n) is 10.9. The molecule has 0 bridgehead atoms. The summed E-state index contributed by atoms with van der Waals surface area (Å²) in [5.74, 6) is -1.01. The van der Waals surface area contributed by atoms with Crippen molar-refractivity contribution in [3.05, 3.63) is 85.1 Å². The van der Waals surface area contributed by atoms with Crippen LogP contribution in [0.4, 0.5) is 0 Å². The second-order valence-corrected chi connectivity index (χ2v) is 17.1. The van der Waals surface area contributed by atoms with E-state index in [0.29, 0.717) is 19.3 Å². The first-order chi connectivity index (χ1) is 31.0. The van der Waals surface area contributed by atoms with Crippen LogP contribution in [-0.2, 0) is 28.6 Å². The maximum atomic E-state index is 12.8. The molecule has 0 aromatic heterocycles. The van der Waals surface area contributed by atoms with E-state index in [1.165, 1.54) is 116 Å². The van der Waals surface area contributed by atoms with Crippen LogP contribution < -0.4 is 0 Å². The Labute approximate surface area is 388 Å². The van der Waals surface area contributed by atoms with Crippen molar-refractivity contribution in [2.24, 2.45) is 0 Å². The fraction of sp³-hybridized carbons (Fsp3) is 0.702. The van der Waals surface area contributed by atoms with E-state index in [4.69, 9.17) is 14.2 Å². The van der Waals surface area contributed by atoms with E-state index in [-0.39, 0.29) is 44.0 Å². The highest BCUT2D eigenvalue weighted by molar-refractivity contribution is 5.71. The van der Waals surface area contributed by atoms with Crippen LogP contribution in [0.15, 0.2) is 85.1 Å². The van der Waals surface area contributed by atoms with Crippen LogP contribution in [0.3, 0.4) is 0 Å². The molecule has 0 amide bonds. The van der Waals surface area contributed by atoms with E-state index in [1.54, 1.807) is 0 Å². The molecule has 0 saturated heterocycles. The number of carbonyl (C=O) groups excluding carboxylic acids is 3. The van der Waals surface area contributed by atoms with Crippen molar-refractivity contribution >= 4 is 17.9 Å². The van der Waals surface area contributed by atoms with Gasteiger partial charge in [0, 0.05) is 19.3 Å². The van der Waals surface area contributed by atoms with Crippen molar-refractivity contribution in [3.8, 4) is 0 Å². The topological polar surface area (TPSA) is 78.9 Å². The lowest BCUT2D eigenvalue weighted by Crippen LogP contribution is -2.30. The Hall–Kier alpha value is -3.41. The number of esters is 3. The zero-order valence-corrected chi connectivity index (χ0v) is 41.1. The number of carbonyl (C=O) groups is 3. The van der Waals surface area contributed by atoms with Crippen LogP contribution in [0, 0.1) is 0 Å². The van der Waals surface area contributed by atoms with Gasteiger partial charge in [0.05, 0.1) is 0 Å². The molecule has 0 heterocycles. The minimum atomic E-state index is -0.816. The van der Waals surface area contributed by atoms with Crippen molar-refractivity contribution in [2.45, 2.75) is 245 Å². The summed E-state index contributed by atoms with van der Waals surface area (Å²) in [6.45, 7) is 6.50. The summed E-state index contributed by atoms with van der Waals surface area (Å²) in [7, 11) is 0. The van der Waals surface area contributed by atoms with Crippen molar-refractivity contribution in [1.29, 1.82) is 0 Å². The zero-order chi connectivity index (χ0) is 45.8. The Balaban J connectivity index is 4.53. The lowest BCUT2D eigenvalue weighted by atomic mass is 10.0. The van der Waals surface area contributed by atoms with E-state index >= 15 is 0 Å². The predicted molar refractivity (Wildman–Crippen MR) is 270 cm³/mol. The second kappa shape index (κ2) is 51.2. The molecule has 0 N–H and O–H groups in total. The quantitative estimate of drug-likeness (QED) is 0.0262. The van der Waals surface area contributed by atoms with Gasteiger partial charge in [-0.1, -0.05) is 209 Å². The maximum absolute atomic E-state index is 12.8. The van der Waals surface area contributed by atoms with E-state index in [0.717, 1.165) is 70.6 Å². The standard InChI is InChI=1S/C57H96O6/c1-4-7-10-13-16-19-22-25-27-28-30-32-35-38-41-44-47-50-56(59)62-53-54(52-61-55(58)49-46-43-40-37-34-31-24-21-18-15-12-9-6-3)63-57(60)51-48-45-42-39-36-33-29-26-23-20-17-14-11-8-5-2/h16-17,19-20,25-27,29-30,32,36,38-39,41,54H,4-15,18,21-24,28,31,33-35,37,40,42-53H2,1-3H3/b19-16-,20-17-,27-25-,29-26-,32-30-,39-36-,41-38-/t54-/m0/s1. The summed E-state index contributed by atoms with van der Waals surface area (Å²) in [6.07, 6.45) is 65.7. The minimum absolute atomic E-state index is 0.108. The van der Waals surface area contributed by atoms with Crippen LogP contribution in [0.5, 0.6) is 0 Å². The number of unbranched alkanes of at least 4 members (excludes halogenated alkanes) is 21. The molecule has 0 radical (unpaired) electrons. The Morgan fingerprint density at radius 1 is 0.317 bits per heavy atom. The Bertz CT molecular complexity index is 1240. The number of rotatable bonds is 46. The van der Waals surface area contributed by atoms with Gasteiger partial charge in [0.2, 0.25) is 0 Å². The molecule has 0 unspecified atom stereocenters. The minimum Gasteiger partial charge on any atom is -0.462 e. The van der Waals surface area contributed by atoms with Gasteiger partial charge in [0.25, 0.3) is 0 Å². The lowest BCUT2D eigenvalue weighted by molar-refractivity contribution is -0.167. The molecule has 360 valence electrons. The average molecular weight is 877 g/mol. The van der Waals surface area contributed by atoms with E-state index in [2.05, 4.69) is 106 Å². The molecular formula is C57H96O6. The summed E-state index contributed by atoms with van der Waals surface area (Å²) in [4.78, 5) is 37.9. The average Bonchev–Trinajstić information content (AvgIpc) is 3.28. The molecule has 0 aliphatic rings. The first-order valence-corrected chi connectivity index (χ1v) is 26.1. The van der Waals surface area contributed by atoms with E-state index in [9.17, 15) is 14.4 Å². The fourth-order valence-corrected chi connectivity index (χ4v) is 6.91. The molecule has 6 heteroatoms. The fourth-order valence-electron chi connectivity index (χ4n) is 6.91. The molecule has 0 saturated carbocycles. The molecule has 63 heavy (non-hydrogen) atoms. The van der Waals surface area contributed by atoms with Gasteiger partial charge in [-0.2, -0.15) is 0 Å². The summed E-state index contributed by atoms with van der Waals surface area (Å²) >= 11 is 0. The number of hydrogen-bond donors (Lipinski definition) is 0. The van der Waals surface area contributed by atoms with Crippen LogP contribution in [0.25, 0.3) is 0 Å². The lowest BCUT2D eigenvalue weighted by Gasteiger charge is -2.18. The van der Waals surface area contributed by atoms with Crippen molar-refractivity contribution in [3.63, 3.8) is 0 Å². The highest BCUT2D eigenvalue weighted by Gasteiger charge is 2.19. The number of allylic oxidation sites excluding steroid dienone is 14. The monoisotopic (exact) mass is 877 g/mol. The molecule has 0 aromatic carbocycles. The van der Waals surface area contributed by atoms with Crippen LogP contribution in [0.2, 0.25) is 0 Å². The number of ether oxygens (including phenoxy) is 3. The third-order valence-corrected chi connectivity index (χ3v) is 10.9. The predicted octanol–water partition coefficient (Wildman–Crippen LogP) is 17.2. The van der Waals surface area contributed by atoms with Crippen molar-refractivity contribution < 1.29 is 28.6 Å². The zero-order valence-electron chi connectivity index (χ0n) is 41.1. The summed E-state index contributed by atoms with van der Waals surface area (Å²) in [5.41, 5.74) is 0. The SMILES string of the molecule is CCCCC/C=C\C/C=C\C/C=C\C/C=C\CCCC(=O)OC[C@H](COC(=O)CCCCCCCCCCCCCCC)OC(=O)CCCC/C=C\C/C=C\C/C=C\CCCCC. The first kappa shape index (κ1) is 59.6. The van der Waals surface area contributed by atoms with Crippen LogP contribution in [-0.4, -0.2) is 37.2 Å². The second-order valence-electron chi connectivity index (χ2n) is 17.1. The van der Waals surface area contributed by atoms with E-state index < -0.39 is 6.10 Å². The normalized spacial score (nSPS) is 12.7. The molecular weight excluding hydrogens is 781 g/mol. The van der Waals surface area contributed by atoms with Gasteiger partial charge in [-0.3, -0.25) is 14.4 Å². The molecule has 1 atom stereocenters. The summed E-state index contributed by atoms with van der Waals surface area (Å²) < 4.78 is 16.7. The van der Waals surface area contributed by atoms with Gasteiger partial charge < -0.3 is 14.2 Å². The number of hydrogen-bond acceptors (Lipinski definition) is 6. The first-order valence-electron chi connectivity index (χ1n) is 26.1. The highest BCUT2D eigenvalue weighted by Crippen LogP contribution is 2.14. The molecule has 0 rings (SSSR count). The van der Waals surface area contributed by atoms with Gasteiger partial charge in [-0.25, -0.2) is 0 Å². The van der Waals surface area contributed by atoms with Gasteiger partial charge in [-0.15, -0.1) is 0 Å². The molecule has 0 fully saturated rings. The molecule has 0 aromatic rings. The van der Waals surface area contributed by atoms with Gasteiger partial charge >= 0.3 is 17.9 Å².